The molecule has 5 heteroatoms. The minimum atomic E-state index is -2.31. The van der Waals surface area contributed by atoms with Gasteiger partial charge in [0.1, 0.15) is 22.1 Å². The number of halogens is 1. The summed E-state index contributed by atoms with van der Waals surface area (Å²) in [6.07, 6.45) is -3.30. The van der Waals surface area contributed by atoms with Crippen LogP contribution in [0.3, 0.4) is 0 Å². The van der Waals surface area contributed by atoms with Gasteiger partial charge in [0.25, 0.3) is 0 Å². The van der Waals surface area contributed by atoms with Crippen molar-refractivity contribution in [1.82, 2.24) is 9.97 Å². The van der Waals surface area contributed by atoms with Gasteiger partial charge in [-0.2, -0.15) is 0 Å². The first-order valence-corrected chi connectivity index (χ1v) is 5.83. The lowest BCUT2D eigenvalue weighted by Crippen LogP contribution is -2.04. The molecule has 16 heavy (non-hydrogen) atoms. The number of nitrogens with zero attached hydrogens (tertiary/aromatic N) is 2. The third kappa shape index (κ3) is 1.30. The van der Waals surface area contributed by atoms with Crippen LogP contribution in [0.15, 0.2) is 6.33 Å². The Morgan fingerprint density at radius 1 is 1.69 bits per heavy atom. The second-order valence-corrected chi connectivity index (χ2v) is 4.86. The molecule has 2 heterocycles. The summed E-state index contributed by atoms with van der Waals surface area (Å²) in [5, 5.41) is 0.506. The van der Waals surface area contributed by atoms with E-state index in [4.69, 9.17) is 17.1 Å². The molecule has 0 aliphatic heterocycles. The molecule has 1 aliphatic carbocycles. The Hall–Kier alpha value is -1.00. The zero-order valence-electron chi connectivity index (χ0n) is 12.2. The predicted molar refractivity (Wildman–Crippen MR) is 64.2 cm³/mol. The van der Waals surface area contributed by atoms with Crippen LogP contribution in [-0.4, -0.2) is 15.8 Å². The van der Waals surface area contributed by atoms with E-state index in [0.717, 1.165) is 11.3 Å². The summed E-state index contributed by atoms with van der Waals surface area (Å²) in [6.45, 7) is 1.26. The molecule has 1 aliphatic rings. The molecule has 3 nitrogen and oxygen atoms in total. The number of rotatable bonds is 1. The molecule has 2 aromatic heterocycles. The monoisotopic (exact) mass is 256 g/mol. The highest BCUT2D eigenvalue weighted by Crippen LogP contribution is 2.45. The van der Waals surface area contributed by atoms with Crippen molar-refractivity contribution in [1.29, 1.82) is 0 Å². The van der Waals surface area contributed by atoms with Gasteiger partial charge in [-0.05, 0) is 25.2 Å². The molecule has 0 bridgehead atoms. The molecule has 2 aromatic rings. The Balaban J connectivity index is 2.46. The Morgan fingerprint density at radius 3 is 3.25 bits per heavy atom. The largest absolute Gasteiger partial charge is 0.299 e. The zero-order chi connectivity index (χ0) is 14.9. The maximum Gasteiger partial charge on any atom is 0.141 e. The number of aryl methyl sites for hydroxylation is 1. The van der Waals surface area contributed by atoms with Gasteiger partial charge in [-0.1, -0.05) is 11.6 Å². The average molecular weight is 257 g/mol. The quantitative estimate of drug-likeness (QED) is 0.737. The smallest absolute Gasteiger partial charge is 0.141 e. The normalized spacial score (nSPS) is 29.0. The van der Waals surface area contributed by atoms with E-state index in [1.165, 1.54) is 13.3 Å². The molecule has 0 radical (unpaired) electrons. The van der Waals surface area contributed by atoms with E-state index in [1.54, 1.807) is 0 Å². The first-order valence-electron chi connectivity index (χ1n) is 6.63. The molecule has 0 aromatic carbocycles. The molecule has 82 valence electrons. The fourth-order valence-corrected chi connectivity index (χ4v) is 3.13. The van der Waals surface area contributed by atoms with E-state index >= 15 is 0 Å². The highest BCUT2D eigenvalue weighted by atomic mass is 35.5. The SMILES string of the molecule is [2H]C1([2H])c2sc3ncnc(Cl)c3c2C(C(C)=O)C1([2H])[2H]. The number of ketones is 1. The molecule has 0 N–H and O–H groups in total. The molecule has 1 atom stereocenters. The predicted octanol–water partition coefficient (Wildman–Crippen LogP) is 2.96. The summed E-state index contributed by atoms with van der Waals surface area (Å²) in [6, 6.07) is 0. The third-order valence-corrected chi connectivity index (χ3v) is 3.82. The van der Waals surface area contributed by atoms with Crippen molar-refractivity contribution < 1.29 is 10.3 Å². The molecular formula is C11H9ClN2OS. The summed E-state index contributed by atoms with van der Waals surface area (Å²) in [5.74, 6) is -1.62. The van der Waals surface area contributed by atoms with Crippen LogP contribution < -0.4 is 0 Å². The third-order valence-electron chi connectivity index (χ3n) is 2.50. The van der Waals surface area contributed by atoms with Crippen molar-refractivity contribution in [3.8, 4) is 0 Å². The summed E-state index contributed by atoms with van der Waals surface area (Å²) in [7, 11) is 0. The summed E-state index contributed by atoms with van der Waals surface area (Å²) in [4.78, 5) is 20.4. The maximum absolute atomic E-state index is 11.9. The lowest BCUT2D eigenvalue weighted by atomic mass is 9.98. The summed E-state index contributed by atoms with van der Waals surface area (Å²) < 4.78 is 32.1. The van der Waals surface area contributed by atoms with Crippen LogP contribution in [0.5, 0.6) is 0 Å². The van der Waals surface area contributed by atoms with Gasteiger partial charge in [-0.3, -0.25) is 4.79 Å². The molecule has 1 unspecified atom stereocenters. The van der Waals surface area contributed by atoms with E-state index in [1.807, 2.05) is 0 Å². The van der Waals surface area contributed by atoms with E-state index < -0.39 is 24.4 Å². The van der Waals surface area contributed by atoms with Crippen molar-refractivity contribution in [3.63, 3.8) is 0 Å². The van der Waals surface area contributed by atoms with Crippen LogP contribution in [0.2, 0.25) is 5.15 Å². The average Bonchev–Trinajstić information content (AvgIpc) is 2.75. The van der Waals surface area contributed by atoms with Crippen molar-refractivity contribution in [3.05, 3.63) is 21.9 Å². The zero-order valence-corrected chi connectivity index (χ0v) is 9.82. The topological polar surface area (TPSA) is 42.9 Å². The first kappa shape index (κ1) is 6.67. The lowest BCUT2D eigenvalue weighted by Gasteiger charge is -2.06. The van der Waals surface area contributed by atoms with Gasteiger partial charge in [-0.15, -0.1) is 11.3 Å². The van der Waals surface area contributed by atoms with Crippen molar-refractivity contribution in [2.45, 2.75) is 25.6 Å². The number of carbonyl (C=O) groups excluding carboxylic acids is 1. The van der Waals surface area contributed by atoms with Gasteiger partial charge in [0.05, 0.1) is 5.39 Å². The maximum atomic E-state index is 11.9. The number of hydrogen-bond donors (Lipinski definition) is 0. The molecule has 0 spiro atoms. The standard InChI is InChI=1S/C11H9ClN2OS/c1-5(15)6-2-3-7-8(6)9-10(12)13-4-14-11(9)16-7/h4,6H,2-3H2,1H3/i2D2,3D2. The highest BCUT2D eigenvalue weighted by molar-refractivity contribution is 7.19. The second-order valence-electron chi connectivity index (χ2n) is 3.50. The van der Waals surface area contributed by atoms with Crippen molar-refractivity contribution in [2.24, 2.45) is 0 Å². The van der Waals surface area contributed by atoms with Crippen LogP contribution in [0.25, 0.3) is 10.2 Å². The van der Waals surface area contributed by atoms with Crippen LogP contribution >= 0.6 is 22.9 Å². The minimum absolute atomic E-state index is 0.118. The van der Waals surface area contributed by atoms with E-state index in [2.05, 4.69) is 9.97 Å². The number of fused-ring (bicyclic) bond motifs is 3. The summed E-state index contributed by atoms with van der Waals surface area (Å²) >= 11 is 7.07. The summed E-state index contributed by atoms with van der Waals surface area (Å²) in [5.41, 5.74) is 0.304. The van der Waals surface area contributed by atoms with Gasteiger partial charge < -0.3 is 0 Å². The number of thiophene rings is 1. The van der Waals surface area contributed by atoms with Gasteiger partial charge in [0.2, 0.25) is 0 Å². The van der Waals surface area contributed by atoms with E-state index in [-0.39, 0.29) is 10.0 Å². The Morgan fingerprint density at radius 2 is 2.50 bits per heavy atom. The Kier molecular flexibility index (Phi) is 1.46. The fraction of sp³-hybridized carbons (Fsp3) is 0.364. The number of hydrogen-bond acceptors (Lipinski definition) is 4. The van der Waals surface area contributed by atoms with Gasteiger partial charge in [-0.25, -0.2) is 9.97 Å². The molecular weight excluding hydrogens is 244 g/mol. The number of Topliss-reactive ketones (excluding diaryl/α,β-unsaturated/α-hetero) is 1. The molecule has 3 rings (SSSR count). The first-order chi connectivity index (χ1) is 9.19. The van der Waals surface area contributed by atoms with Crippen molar-refractivity contribution in [2.75, 3.05) is 0 Å². The highest BCUT2D eigenvalue weighted by Gasteiger charge is 2.31. The second kappa shape index (κ2) is 3.50. The lowest BCUT2D eigenvalue weighted by molar-refractivity contribution is -0.118. The molecule has 0 saturated heterocycles. The number of carbonyl (C=O) groups is 1. The van der Waals surface area contributed by atoms with Crippen LogP contribution in [0, 0.1) is 0 Å². The van der Waals surface area contributed by atoms with E-state index in [0.29, 0.717) is 15.8 Å². The molecule has 0 saturated carbocycles. The minimum Gasteiger partial charge on any atom is -0.299 e. The van der Waals surface area contributed by atoms with Crippen LogP contribution in [-0.2, 0) is 11.2 Å². The fourth-order valence-electron chi connectivity index (χ4n) is 1.80. The number of aromatic nitrogens is 2. The van der Waals surface area contributed by atoms with Crippen LogP contribution in [0.1, 0.15) is 35.1 Å². The van der Waals surface area contributed by atoms with Crippen molar-refractivity contribution >= 4 is 38.9 Å². The Labute approximate surface area is 107 Å². The Bertz CT molecular complexity index is 745. The molecule has 0 fully saturated rings. The van der Waals surface area contributed by atoms with E-state index in [9.17, 15) is 4.79 Å². The van der Waals surface area contributed by atoms with Gasteiger partial charge >= 0.3 is 0 Å². The van der Waals surface area contributed by atoms with Gasteiger partial charge in [0.15, 0.2) is 0 Å². The van der Waals surface area contributed by atoms with Gasteiger partial charge in [0, 0.05) is 16.3 Å². The molecule has 0 amide bonds. The van der Waals surface area contributed by atoms with Crippen LogP contribution in [0.4, 0.5) is 0 Å².